The van der Waals surface area contributed by atoms with Crippen molar-refractivity contribution in [3.63, 3.8) is 0 Å². The van der Waals surface area contributed by atoms with E-state index in [1.54, 1.807) is 6.20 Å². The van der Waals surface area contributed by atoms with Gasteiger partial charge in [0, 0.05) is 30.7 Å². The van der Waals surface area contributed by atoms with Gasteiger partial charge in [-0.3, -0.25) is 19.5 Å². The zero-order chi connectivity index (χ0) is 22.0. The Hall–Kier alpha value is -3.00. The van der Waals surface area contributed by atoms with Crippen molar-refractivity contribution < 1.29 is 19.5 Å². The maximum atomic E-state index is 13.5. The van der Waals surface area contributed by atoms with Crippen molar-refractivity contribution in [2.24, 2.45) is 0 Å². The lowest BCUT2D eigenvalue weighted by atomic mass is 9.93. The average Bonchev–Trinajstić information content (AvgIpc) is 2.78. The number of hydrogen-bond acceptors (Lipinski definition) is 5. The zero-order valence-corrected chi connectivity index (χ0v) is 17.7. The summed E-state index contributed by atoms with van der Waals surface area (Å²) in [7, 11) is 0. The van der Waals surface area contributed by atoms with Gasteiger partial charge in [-0.05, 0) is 30.8 Å². The molecule has 2 N–H and O–H groups in total. The molecule has 4 rings (SSSR count). The number of carbonyl (C=O) groups excluding carboxylic acids is 2. The predicted molar refractivity (Wildman–Crippen MR) is 116 cm³/mol. The van der Waals surface area contributed by atoms with Crippen molar-refractivity contribution in [1.29, 1.82) is 0 Å². The molecule has 2 aliphatic rings. The van der Waals surface area contributed by atoms with Gasteiger partial charge in [0.05, 0.1) is 0 Å². The second-order valence-corrected chi connectivity index (χ2v) is 8.30. The Labute approximate surface area is 181 Å². The van der Waals surface area contributed by atoms with E-state index >= 15 is 0 Å². The van der Waals surface area contributed by atoms with Gasteiger partial charge in [-0.15, -0.1) is 0 Å². The fourth-order valence-electron chi connectivity index (χ4n) is 4.76. The van der Waals surface area contributed by atoms with Crippen molar-refractivity contribution in [3.05, 3.63) is 42.2 Å². The predicted octanol–water partition coefficient (Wildman–Crippen LogP) is 1.89. The van der Waals surface area contributed by atoms with Crippen LogP contribution in [0.4, 0.5) is 0 Å². The minimum Gasteiger partial charge on any atom is -0.480 e. The number of aliphatic carboxylic acids is 1. The first kappa shape index (κ1) is 21.2. The third-order valence-electron chi connectivity index (χ3n) is 6.39. The van der Waals surface area contributed by atoms with Gasteiger partial charge in [0.2, 0.25) is 5.91 Å². The van der Waals surface area contributed by atoms with Gasteiger partial charge in [-0.1, -0.05) is 44.0 Å². The molecule has 0 aliphatic carbocycles. The van der Waals surface area contributed by atoms with E-state index < -0.39 is 24.0 Å². The van der Waals surface area contributed by atoms with Crippen LogP contribution < -0.4 is 5.32 Å². The third-order valence-corrected chi connectivity index (χ3v) is 6.39. The second-order valence-electron chi connectivity index (χ2n) is 8.30. The number of carboxylic acid groups (broad SMARTS) is 1. The average molecular weight is 425 g/mol. The molecule has 1 aromatic carbocycles. The molecule has 2 aromatic rings. The summed E-state index contributed by atoms with van der Waals surface area (Å²) in [5.74, 6) is -1.72. The van der Waals surface area contributed by atoms with Crippen LogP contribution in [0.15, 0.2) is 36.5 Å². The van der Waals surface area contributed by atoms with Gasteiger partial charge < -0.3 is 15.3 Å². The van der Waals surface area contributed by atoms with Crippen molar-refractivity contribution in [3.8, 4) is 0 Å². The molecule has 0 saturated carbocycles. The lowest BCUT2D eigenvalue weighted by Gasteiger charge is -2.47. The van der Waals surface area contributed by atoms with Crippen LogP contribution in [0.25, 0.3) is 10.8 Å². The number of likely N-dealkylation sites (N-methyl/N-ethyl adjacent to an activating group) is 1. The Kier molecular flexibility index (Phi) is 6.18. The fourth-order valence-corrected chi connectivity index (χ4v) is 4.76. The van der Waals surface area contributed by atoms with E-state index in [1.807, 2.05) is 37.3 Å². The fraction of sp³-hybridized carbons (Fsp3) is 0.478. The van der Waals surface area contributed by atoms with Gasteiger partial charge in [-0.25, -0.2) is 4.79 Å². The Morgan fingerprint density at radius 1 is 1.16 bits per heavy atom. The monoisotopic (exact) mass is 424 g/mol. The SMILES string of the molecule is CCN1C[C@@H]2CCCC[C@H](NC(=O)c3nccc4ccccc34)C(=O)N2[C@H](C(=O)O)C1. The molecule has 2 aliphatic heterocycles. The van der Waals surface area contributed by atoms with Crippen LogP contribution in [0, 0.1) is 0 Å². The summed E-state index contributed by atoms with van der Waals surface area (Å²) >= 11 is 0. The van der Waals surface area contributed by atoms with Crippen LogP contribution in [-0.4, -0.2) is 75.4 Å². The highest BCUT2D eigenvalue weighted by Gasteiger charge is 2.43. The Bertz CT molecular complexity index is 989. The number of fused-ring (bicyclic) bond motifs is 2. The number of piperazine rings is 1. The molecule has 2 saturated heterocycles. The summed E-state index contributed by atoms with van der Waals surface area (Å²) < 4.78 is 0. The molecule has 164 valence electrons. The normalized spacial score (nSPS) is 24.9. The highest BCUT2D eigenvalue weighted by Crippen LogP contribution is 2.26. The van der Waals surface area contributed by atoms with E-state index in [-0.39, 0.29) is 17.6 Å². The molecule has 0 radical (unpaired) electrons. The molecule has 0 unspecified atom stereocenters. The van der Waals surface area contributed by atoms with Crippen molar-refractivity contribution in [2.45, 2.75) is 50.7 Å². The summed E-state index contributed by atoms with van der Waals surface area (Å²) in [4.78, 5) is 46.4. The summed E-state index contributed by atoms with van der Waals surface area (Å²) in [6.45, 7) is 3.71. The number of carbonyl (C=O) groups is 3. The van der Waals surface area contributed by atoms with Crippen molar-refractivity contribution in [2.75, 3.05) is 19.6 Å². The van der Waals surface area contributed by atoms with Crippen molar-refractivity contribution >= 4 is 28.6 Å². The first-order valence-corrected chi connectivity index (χ1v) is 10.9. The molecule has 3 heterocycles. The molecule has 2 amide bonds. The van der Waals surface area contributed by atoms with Crippen LogP contribution in [0.3, 0.4) is 0 Å². The lowest BCUT2D eigenvalue weighted by molar-refractivity contribution is -0.159. The van der Waals surface area contributed by atoms with Gasteiger partial charge in [-0.2, -0.15) is 0 Å². The topological polar surface area (TPSA) is 103 Å². The lowest BCUT2D eigenvalue weighted by Crippen LogP contribution is -2.66. The Morgan fingerprint density at radius 3 is 2.71 bits per heavy atom. The van der Waals surface area contributed by atoms with Crippen LogP contribution >= 0.6 is 0 Å². The van der Waals surface area contributed by atoms with E-state index in [0.29, 0.717) is 19.5 Å². The second kappa shape index (κ2) is 9.01. The smallest absolute Gasteiger partial charge is 0.327 e. The molecule has 2 fully saturated rings. The molecule has 8 nitrogen and oxygen atoms in total. The summed E-state index contributed by atoms with van der Waals surface area (Å²) in [6, 6.07) is 7.49. The first-order chi connectivity index (χ1) is 15.0. The first-order valence-electron chi connectivity index (χ1n) is 10.9. The number of hydrogen-bond donors (Lipinski definition) is 2. The quantitative estimate of drug-likeness (QED) is 0.777. The molecule has 0 bridgehead atoms. The van der Waals surface area contributed by atoms with Gasteiger partial charge >= 0.3 is 5.97 Å². The molecule has 0 spiro atoms. The van der Waals surface area contributed by atoms with E-state index in [4.69, 9.17) is 0 Å². The van der Waals surface area contributed by atoms with Crippen LogP contribution in [-0.2, 0) is 9.59 Å². The Balaban J connectivity index is 1.60. The molecular weight excluding hydrogens is 396 g/mol. The number of amides is 2. The molecule has 31 heavy (non-hydrogen) atoms. The number of aromatic nitrogens is 1. The molecule has 8 heteroatoms. The van der Waals surface area contributed by atoms with Crippen molar-refractivity contribution in [1.82, 2.24) is 20.1 Å². The molecule has 3 atom stereocenters. The molecule has 1 aromatic heterocycles. The van der Waals surface area contributed by atoms with Gasteiger partial charge in [0.25, 0.3) is 5.91 Å². The summed E-state index contributed by atoms with van der Waals surface area (Å²) in [6.07, 6.45) is 4.53. The number of pyridine rings is 1. The molecular formula is C23H28N4O4. The number of carboxylic acids is 1. The van der Waals surface area contributed by atoms with E-state index in [0.717, 1.165) is 36.6 Å². The zero-order valence-electron chi connectivity index (χ0n) is 17.7. The number of rotatable bonds is 4. The highest BCUT2D eigenvalue weighted by molar-refractivity contribution is 6.06. The maximum Gasteiger partial charge on any atom is 0.327 e. The summed E-state index contributed by atoms with van der Waals surface area (Å²) in [5, 5.41) is 14.3. The standard InChI is InChI=1S/C23H28N4O4/c1-2-26-13-16-8-4-6-10-18(22(29)27(16)19(14-26)23(30)31)25-21(28)20-17-9-5-3-7-15(17)11-12-24-20/h3,5,7,9,11-12,16,18-19H,2,4,6,8,10,13-14H2,1H3,(H,25,28)(H,30,31)/t16-,18-,19-/m0/s1. The largest absolute Gasteiger partial charge is 0.480 e. The van der Waals surface area contributed by atoms with Crippen LogP contribution in [0.2, 0.25) is 0 Å². The minimum absolute atomic E-state index is 0.155. The van der Waals surface area contributed by atoms with Crippen LogP contribution in [0.1, 0.15) is 43.1 Å². The van der Waals surface area contributed by atoms with E-state index in [2.05, 4.69) is 15.2 Å². The highest BCUT2D eigenvalue weighted by atomic mass is 16.4. The maximum absolute atomic E-state index is 13.5. The summed E-state index contributed by atoms with van der Waals surface area (Å²) in [5.41, 5.74) is 0.273. The van der Waals surface area contributed by atoms with E-state index in [9.17, 15) is 19.5 Å². The van der Waals surface area contributed by atoms with Crippen LogP contribution in [0.5, 0.6) is 0 Å². The van der Waals surface area contributed by atoms with Gasteiger partial charge in [0.1, 0.15) is 17.8 Å². The number of nitrogens with zero attached hydrogens (tertiary/aromatic N) is 3. The number of benzene rings is 1. The third kappa shape index (κ3) is 4.25. The minimum atomic E-state index is -1.00. The van der Waals surface area contributed by atoms with E-state index in [1.165, 1.54) is 4.90 Å². The Morgan fingerprint density at radius 2 is 1.94 bits per heavy atom. The van der Waals surface area contributed by atoms with Gasteiger partial charge in [0.15, 0.2) is 0 Å². The number of nitrogens with one attached hydrogen (secondary N) is 1.